The van der Waals surface area contributed by atoms with E-state index in [9.17, 15) is 0 Å². The summed E-state index contributed by atoms with van der Waals surface area (Å²) < 4.78 is 2.10. The van der Waals surface area contributed by atoms with Gasteiger partial charge in [0.15, 0.2) is 0 Å². The van der Waals surface area contributed by atoms with E-state index in [1.165, 1.54) is 10.8 Å². The number of aromatic nitrogens is 1. The van der Waals surface area contributed by atoms with E-state index < -0.39 is 6.86 Å². The third-order valence-electron chi connectivity index (χ3n) is 2.97. The summed E-state index contributed by atoms with van der Waals surface area (Å²) in [7, 11) is 0. The Bertz CT molecular complexity index is 644. The molecule has 1 aromatic heterocycles. The summed E-state index contributed by atoms with van der Waals surface area (Å²) in [5, 5.41) is 2.42. The van der Waals surface area contributed by atoms with Crippen LogP contribution < -0.4 is 0 Å². The topological polar surface area (TPSA) is 4.93 Å². The molecule has 2 aromatic carbocycles. The van der Waals surface area contributed by atoms with Gasteiger partial charge in [-0.05, 0) is 18.7 Å². The molecule has 0 aliphatic carbocycles. The molecule has 0 unspecified atom stereocenters. The minimum absolute atomic E-state index is 1.12. The zero-order valence-corrected chi connectivity index (χ0v) is 11.8. The molecule has 1 heterocycles. The smallest absolute Gasteiger partial charge is 0.342 e. The van der Waals surface area contributed by atoms with Gasteiger partial charge in [-0.2, -0.15) is 0 Å². The van der Waals surface area contributed by atoms with Crippen LogP contribution in [0.1, 0.15) is 0 Å². The Morgan fingerprint density at radius 2 is 1.24 bits per heavy atom. The van der Waals surface area contributed by atoms with Gasteiger partial charge in [-0.15, -0.1) is 22.2 Å². The third-order valence-corrected chi connectivity index (χ3v) is 5.25. The summed E-state index contributed by atoms with van der Waals surface area (Å²) in [5.74, 6) is 0. The van der Waals surface area contributed by atoms with E-state index in [2.05, 4.69) is 28.5 Å². The SMILES string of the molecule is C[Si](Cl)(Cl)n1c2ccccc2c2ccccc21. The molecule has 3 rings (SSSR count). The molecule has 3 aromatic rings. The van der Waals surface area contributed by atoms with Crippen molar-refractivity contribution >= 4 is 50.8 Å². The van der Waals surface area contributed by atoms with Gasteiger partial charge in [0.1, 0.15) is 0 Å². The summed E-state index contributed by atoms with van der Waals surface area (Å²) in [4.78, 5) is 0. The monoisotopic (exact) mass is 279 g/mol. The first kappa shape index (κ1) is 11.1. The maximum atomic E-state index is 6.43. The Morgan fingerprint density at radius 1 is 0.824 bits per heavy atom. The molecule has 0 fully saturated rings. The number of fused-ring (bicyclic) bond motifs is 3. The van der Waals surface area contributed by atoms with Crippen molar-refractivity contribution < 1.29 is 0 Å². The van der Waals surface area contributed by atoms with Crippen molar-refractivity contribution in [3.05, 3.63) is 48.5 Å². The number of rotatable bonds is 1. The van der Waals surface area contributed by atoms with E-state index in [4.69, 9.17) is 22.2 Å². The highest BCUT2D eigenvalue weighted by molar-refractivity contribution is 7.44. The first-order valence-corrected chi connectivity index (χ1v) is 9.92. The van der Waals surface area contributed by atoms with Gasteiger partial charge in [0.2, 0.25) is 0 Å². The molecular weight excluding hydrogens is 269 g/mol. The Morgan fingerprint density at radius 3 is 1.65 bits per heavy atom. The van der Waals surface area contributed by atoms with Crippen LogP contribution in [0, 0.1) is 0 Å². The summed E-state index contributed by atoms with van der Waals surface area (Å²) in [6.45, 7) is -0.523. The van der Waals surface area contributed by atoms with Gasteiger partial charge < -0.3 is 4.23 Å². The highest BCUT2D eigenvalue weighted by Gasteiger charge is 2.28. The van der Waals surface area contributed by atoms with Crippen LogP contribution in [-0.2, 0) is 0 Å². The minimum Gasteiger partial charge on any atom is -0.342 e. The number of hydrogen-bond acceptors (Lipinski definition) is 0. The van der Waals surface area contributed by atoms with Crippen LogP contribution in [0.5, 0.6) is 0 Å². The van der Waals surface area contributed by atoms with Crippen molar-refractivity contribution in [2.75, 3.05) is 0 Å². The fourth-order valence-electron chi connectivity index (χ4n) is 2.35. The number of para-hydroxylation sites is 2. The number of halogens is 2. The molecule has 0 aliphatic rings. The van der Waals surface area contributed by atoms with E-state index in [1.54, 1.807) is 0 Å². The molecule has 86 valence electrons. The maximum Gasteiger partial charge on any atom is 0.354 e. The van der Waals surface area contributed by atoms with Crippen LogP contribution in [0.25, 0.3) is 21.8 Å². The molecule has 0 amide bonds. The average molecular weight is 280 g/mol. The number of nitrogens with zero attached hydrogens (tertiary/aromatic N) is 1. The summed E-state index contributed by atoms with van der Waals surface area (Å²) in [6, 6.07) is 16.5. The van der Waals surface area contributed by atoms with Gasteiger partial charge in [0, 0.05) is 21.8 Å². The van der Waals surface area contributed by atoms with E-state index in [0.717, 1.165) is 11.0 Å². The van der Waals surface area contributed by atoms with E-state index in [0.29, 0.717) is 0 Å². The molecule has 1 nitrogen and oxygen atoms in total. The quantitative estimate of drug-likeness (QED) is 0.450. The van der Waals surface area contributed by atoms with E-state index in [-0.39, 0.29) is 0 Å². The normalized spacial score (nSPS) is 12.4. The lowest BCUT2D eigenvalue weighted by molar-refractivity contribution is 1.33. The fourth-order valence-corrected chi connectivity index (χ4v) is 4.67. The zero-order valence-electron chi connectivity index (χ0n) is 9.32. The molecule has 0 aliphatic heterocycles. The Balaban J connectivity index is 2.60. The summed E-state index contributed by atoms with van der Waals surface area (Å²) in [6.07, 6.45) is 0. The Kier molecular flexibility index (Phi) is 2.47. The summed E-state index contributed by atoms with van der Waals surface area (Å²) in [5.41, 5.74) is 2.24. The predicted molar refractivity (Wildman–Crippen MR) is 78.2 cm³/mol. The molecule has 0 radical (unpaired) electrons. The van der Waals surface area contributed by atoms with E-state index in [1.807, 2.05) is 30.8 Å². The van der Waals surface area contributed by atoms with Crippen molar-refractivity contribution in [2.45, 2.75) is 6.55 Å². The molecule has 0 atom stereocenters. The molecule has 4 heteroatoms. The molecule has 0 bridgehead atoms. The summed E-state index contributed by atoms with van der Waals surface area (Å²) >= 11 is 12.9. The lowest BCUT2D eigenvalue weighted by Gasteiger charge is -2.15. The second kappa shape index (κ2) is 3.77. The van der Waals surface area contributed by atoms with Gasteiger partial charge in [-0.25, -0.2) is 0 Å². The Labute approximate surface area is 110 Å². The minimum atomic E-state index is -2.45. The average Bonchev–Trinajstić information content (AvgIpc) is 2.63. The van der Waals surface area contributed by atoms with Gasteiger partial charge >= 0.3 is 6.86 Å². The second-order valence-corrected chi connectivity index (χ2v) is 11.3. The number of hydrogen-bond donors (Lipinski definition) is 0. The van der Waals surface area contributed by atoms with Crippen LogP contribution in [0.3, 0.4) is 0 Å². The number of benzene rings is 2. The predicted octanol–water partition coefficient (Wildman–Crippen LogP) is 4.69. The van der Waals surface area contributed by atoms with Crippen LogP contribution in [0.4, 0.5) is 0 Å². The maximum absolute atomic E-state index is 6.43. The highest BCUT2D eigenvalue weighted by Crippen LogP contribution is 2.33. The lowest BCUT2D eigenvalue weighted by Crippen LogP contribution is -2.25. The van der Waals surface area contributed by atoms with Gasteiger partial charge in [0.05, 0.1) is 0 Å². The molecule has 0 saturated heterocycles. The van der Waals surface area contributed by atoms with Crippen molar-refractivity contribution in [2.24, 2.45) is 0 Å². The van der Waals surface area contributed by atoms with Crippen molar-refractivity contribution in [3.8, 4) is 0 Å². The molecule has 0 spiro atoms. The van der Waals surface area contributed by atoms with Crippen LogP contribution in [-0.4, -0.2) is 11.1 Å². The molecular formula is C13H11Cl2NSi. The first-order chi connectivity index (χ1) is 8.09. The standard InChI is InChI=1S/C13H11Cl2NSi/c1-17(14,15)16-12-8-4-2-6-10(12)11-7-3-5-9-13(11)16/h2-9H,1H3. The van der Waals surface area contributed by atoms with Crippen molar-refractivity contribution in [1.82, 2.24) is 4.23 Å². The van der Waals surface area contributed by atoms with Crippen molar-refractivity contribution in [1.29, 1.82) is 0 Å². The van der Waals surface area contributed by atoms with Crippen LogP contribution in [0.2, 0.25) is 6.55 Å². The lowest BCUT2D eigenvalue weighted by atomic mass is 10.2. The second-order valence-electron chi connectivity index (χ2n) is 4.21. The van der Waals surface area contributed by atoms with Gasteiger partial charge in [0.25, 0.3) is 0 Å². The third kappa shape index (κ3) is 1.68. The van der Waals surface area contributed by atoms with Crippen LogP contribution >= 0.6 is 22.2 Å². The molecule has 17 heavy (non-hydrogen) atoms. The van der Waals surface area contributed by atoms with Gasteiger partial charge in [-0.3, -0.25) is 0 Å². The van der Waals surface area contributed by atoms with Gasteiger partial charge in [-0.1, -0.05) is 36.4 Å². The molecule has 0 saturated carbocycles. The fraction of sp³-hybridized carbons (Fsp3) is 0.0769. The van der Waals surface area contributed by atoms with E-state index >= 15 is 0 Å². The van der Waals surface area contributed by atoms with Crippen LogP contribution in [0.15, 0.2) is 48.5 Å². The Hall–Kier alpha value is -0.963. The largest absolute Gasteiger partial charge is 0.354 e. The zero-order chi connectivity index (χ0) is 12.0. The first-order valence-electron chi connectivity index (χ1n) is 5.45. The molecule has 0 N–H and O–H groups in total. The van der Waals surface area contributed by atoms with Crippen molar-refractivity contribution in [3.63, 3.8) is 0 Å². The highest BCUT2D eigenvalue weighted by atomic mass is 35.7.